The topological polar surface area (TPSA) is 35.6 Å². The minimum atomic E-state index is -0.00342. The van der Waals surface area contributed by atoms with Gasteiger partial charge >= 0.3 is 0 Å². The summed E-state index contributed by atoms with van der Waals surface area (Å²) in [6.45, 7) is 8.33. The largest absolute Gasteiger partial charge is 0.352 e. The number of likely N-dealkylation sites (tertiary alicyclic amines) is 1. The molecule has 0 aliphatic carbocycles. The molecule has 4 nitrogen and oxygen atoms in total. The van der Waals surface area contributed by atoms with Crippen LogP contribution < -0.4 is 10.2 Å². The molecule has 0 aromatic heterocycles. The zero-order valence-corrected chi connectivity index (χ0v) is 18.1. The lowest BCUT2D eigenvalue weighted by Crippen LogP contribution is -2.40. The number of nitrogens with zero attached hydrogens (tertiary/aromatic N) is 2. The molecule has 1 atom stereocenters. The van der Waals surface area contributed by atoms with Crippen LogP contribution in [0, 0.1) is 0 Å². The van der Waals surface area contributed by atoms with Crippen LogP contribution in [0.2, 0.25) is 0 Å². The number of carbonyl (C=O) groups excluding carboxylic acids is 1. The third-order valence-corrected chi connectivity index (χ3v) is 6.45. The van der Waals surface area contributed by atoms with E-state index < -0.39 is 0 Å². The van der Waals surface area contributed by atoms with Crippen LogP contribution in [0.1, 0.15) is 37.0 Å². The highest BCUT2D eigenvalue weighted by Gasteiger charge is 2.29. The van der Waals surface area contributed by atoms with E-state index in [1.54, 1.807) is 11.8 Å². The van der Waals surface area contributed by atoms with Gasteiger partial charge in [-0.2, -0.15) is 0 Å². The second-order valence-corrected chi connectivity index (χ2v) is 8.42. The molecular formula is C22H28ClN3OS. The van der Waals surface area contributed by atoms with Crippen molar-refractivity contribution in [2.75, 3.05) is 31.1 Å². The first-order chi connectivity index (χ1) is 13.2. The van der Waals surface area contributed by atoms with Crippen molar-refractivity contribution in [2.24, 2.45) is 0 Å². The normalized spacial score (nSPS) is 16.7. The van der Waals surface area contributed by atoms with Crippen LogP contribution in [0.25, 0.3) is 0 Å². The molecule has 1 saturated heterocycles. The Labute approximate surface area is 178 Å². The molecule has 2 aromatic rings. The molecule has 1 amide bonds. The lowest BCUT2D eigenvalue weighted by molar-refractivity contribution is 0.0956. The second-order valence-electron chi connectivity index (χ2n) is 7.34. The Balaban J connectivity index is 0.00000225. The van der Waals surface area contributed by atoms with Crippen LogP contribution in [0.15, 0.2) is 52.3 Å². The summed E-state index contributed by atoms with van der Waals surface area (Å²) in [5.41, 5.74) is 3.12. The van der Waals surface area contributed by atoms with Gasteiger partial charge in [0.1, 0.15) is 0 Å². The van der Waals surface area contributed by atoms with Gasteiger partial charge in [-0.25, -0.2) is 0 Å². The number of nitrogens with one attached hydrogen (secondary N) is 1. The smallest absolute Gasteiger partial charge is 0.251 e. The minimum Gasteiger partial charge on any atom is -0.352 e. The Hall–Kier alpha value is -1.69. The average Bonchev–Trinajstić information content (AvgIpc) is 3.18. The number of benzene rings is 2. The Morgan fingerprint density at radius 3 is 2.57 bits per heavy atom. The predicted molar refractivity (Wildman–Crippen MR) is 120 cm³/mol. The molecule has 0 spiro atoms. The molecular weight excluding hydrogens is 390 g/mol. The van der Waals surface area contributed by atoms with Gasteiger partial charge in [-0.3, -0.25) is 4.79 Å². The van der Waals surface area contributed by atoms with Gasteiger partial charge in [-0.1, -0.05) is 23.9 Å². The van der Waals surface area contributed by atoms with Gasteiger partial charge in [0.05, 0.1) is 11.4 Å². The van der Waals surface area contributed by atoms with E-state index in [1.165, 1.54) is 41.4 Å². The summed E-state index contributed by atoms with van der Waals surface area (Å²) in [6.07, 6.45) is 2.61. The Bertz CT molecular complexity index is 838. The lowest BCUT2D eigenvalue weighted by Gasteiger charge is -2.39. The summed E-state index contributed by atoms with van der Waals surface area (Å²) in [5.74, 6) is -0.00342. The van der Waals surface area contributed by atoms with Crippen molar-refractivity contribution in [2.45, 2.75) is 42.5 Å². The van der Waals surface area contributed by atoms with Crippen molar-refractivity contribution >= 4 is 41.5 Å². The summed E-state index contributed by atoms with van der Waals surface area (Å²) in [7, 11) is 0. The van der Waals surface area contributed by atoms with E-state index in [1.807, 2.05) is 13.0 Å². The first kappa shape index (κ1) is 21.0. The van der Waals surface area contributed by atoms with E-state index in [0.29, 0.717) is 12.6 Å². The van der Waals surface area contributed by atoms with Crippen LogP contribution >= 0.6 is 24.2 Å². The van der Waals surface area contributed by atoms with E-state index in [0.717, 1.165) is 17.8 Å². The Morgan fingerprint density at radius 1 is 1.11 bits per heavy atom. The van der Waals surface area contributed by atoms with Gasteiger partial charge < -0.3 is 15.1 Å². The molecule has 1 fully saturated rings. The van der Waals surface area contributed by atoms with E-state index in [4.69, 9.17) is 0 Å². The third-order valence-electron chi connectivity index (χ3n) is 5.32. The highest BCUT2D eigenvalue weighted by molar-refractivity contribution is 7.99. The van der Waals surface area contributed by atoms with Crippen molar-refractivity contribution in [1.29, 1.82) is 0 Å². The molecule has 2 aromatic carbocycles. The summed E-state index contributed by atoms with van der Waals surface area (Å²) in [4.78, 5) is 19.9. The zero-order valence-electron chi connectivity index (χ0n) is 16.5. The van der Waals surface area contributed by atoms with Crippen molar-refractivity contribution in [3.8, 4) is 0 Å². The molecule has 28 heavy (non-hydrogen) atoms. The van der Waals surface area contributed by atoms with Crippen molar-refractivity contribution < 1.29 is 4.79 Å². The number of para-hydroxylation sites is 1. The average molecular weight is 418 g/mol. The molecule has 2 aliphatic rings. The van der Waals surface area contributed by atoms with Crippen LogP contribution in [0.5, 0.6) is 0 Å². The predicted octanol–water partition coefficient (Wildman–Crippen LogP) is 4.95. The van der Waals surface area contributed by atoms with Gasteiger partial charge in [0, 0.05) is 34.5 Å². The standard InChI is InChI=1S/C22H27N3OS.ClH/c1-3-23-22(26)17-10-11-21-19(14-17)25(16(2)15-24-12-6-7-13-24)18-8-4-5-9-20(18)27-21;/h4-5,8-11,14,16H,3,6-7,12-13,15H2,1-2H3,(H,23,26);1H. The van der Waals surface area contributed by atoms with E-state index in [9.17, 15) is 4.79 Å². The zero-order chi connectivity index (χ0) is 18.8. The number of carbonyl (C=O) groups is 1. The summed E-state index contributed by atoms with van der Waals surface area (Å²) in [5, 5.41) is 2.92. The number of rotatable bonds is 5. The third kappa shape index (κ3) is 4.17. The van der Waals surface area contributed by atoms with Gasteiger partial charge in [-0.05, 0) is 70.1 Å². The number of hydrogen-bond donors (Lipinski definition) is 1. The van der Waals surface area contributed by atoms with E-state index >= 15 is 0 Å². The van der Waals surface area contributed by atoms with Crippen LogP contribution in [0.3, 0.4) is 0 Å². The first-order valence-corrected chi connectivity index (χ1v) is 10.7. The van der Waals surface area contributed by atoms with Gasteiger partial charge in [-0.15, -0.1) is 12.4 Å². The quantitative estimate of drug-likeness (QED) is 0.746. The fourth-order valence-corrected chi connectivity index (χ4v) is 5.13. The summed E-state index contributed by atoms with van der Waals surface area (Å²) < 4.78 is 0. The monoisotopic (exact) mass is 417 g/mol. The molecule has 150 valence electrons. The highest BCUT2D eigenvalue weighted by atomic mass is 35.5. The number of halogens is 1. The molecule has 2 aliphatic heterocycles. The fourth-order valence-electron chi connectivity index (χ4n) is 4.08. The number of fused-ring (bicyclic) bond motifs is 2. The molecule has 4 rings (SSSR count). The molecule has 6 heteroatoms. The summed E-state index contributed by atoms with van der Waals surface area (Å²) in [6, 6.07) is 15.0. The van der Waals surface area contributed by atoms with Crippen LogP contribution in [0.4, 0.5) is 11.4 Å². The number of anilines is 2. The van der Waals surface area contributed by atoms with Gasteiger partial charge in [0.2, 0.25) is 0 Å². The van der Waals surface area contributed by atoms with Crippen molar-refractivity contribution in [3.05, 3.63) is 48.0 Å². The van der Waals surface area contributed by atoms with Crippen molar-refractivity contribution in [1.82, 2.24) is 10.2 Å². The lowest BCUT2D eigenvalue weighted by atomic mass is 10.1. The highest BCUT2D eigenvalue weighted by Crippen LogP contribution is 2.49. The second kappa shape index (κ2) is 9.21. The molecule has 1 unspecified atom stereocenters. The maximum Gasteiger partial charge on any atom is 0.251 e. The van der Waals surface area contributed by atoms with Gasteiger partial charge in [0.25, 0.3) is 5.91 Å². The van der Waals surface area contributed by atoms with Crippen molar-refractivity contribution in [3.63, 3.8) is 0 Å². The van der Waals surface area contributed by atoms with E-state index in [2.05, 4.69) is 58.4 Å². The fraction of sp³-hybridized carbons (Fsp3) is 0.409. The maximum absolute atomic E-state index is 12.4. The summed E-state index contributed by atoms with van der Waals surface area (Å²) >= 11 is 1.79. The van der Waals surface area contributed by atoms with Crippen LogP contribution in [-0.2, 0) is 0 Å². The van der Waals surface area contributed by atoms with E-state index in [-0.39, 0.29) is 18.3 Å². The SMILES string of the molecule is CCNC(=O)c1ccc2c(c1)N(C(C)CN1CCCC1)c1ccccc1S2.Cl. The Kier molecular flexibility index (Phi) is 6.91. The number of amides is 1. The molecule has 0 bridgehead atoms. The minimum absolute atomic E-state index is 0. The number of hydrogen-bond acceptors (Lipinski definition) is 4. The molecule has 1 N–H and O–H groups in total. The molecule has 0 saturated carbocycles. The maximum atomic E-state index is 12.4. The van der Waals surface area contributed by atoms with Gasteiger partial charge in [0.15, 0.2) is 0 Å². The van der Waals surface area contributed by atoms with Crippen LogP contribution in [-0.4, -0.2) is 43.0 Å². The first-order valence-electron chi connectivity index (χ1n) is 9.88. The molecule has 0 radical (unpaired) electrons. The molecule has 2 heterocycles. The Morgan fingerprint density at radius 2 is 1.82 bits per heavy atom.